The summed E-state index contributed by atoms with van der Waals surface area (Å²) in [5.74, 6) is -0.384. The molecule has 0 atom stereocenters. The number of esters is 1. The number of carbonyl (C=O) groups is 1. The number of rotatable bonds is 4. The number of carbonyl (C=O) groups excluding carboxylic acids is 1. The summed E-state index contributed by atoms with van der Waals surface area (Å²) in [4.78, 5) is 20.4. The van der Waals surface area contributed by atoms with Gasteiger partial charge in [0, 0.05) is 11.6 Å². The van der Waals surface area contributed by atoms with Gasteiger partial charge in [-0.25, -0.2) is 4.79 Å². The van der Waals surface area contributed by atoms with Gasteiger partial charge in [-0.05, 0) is 32.9 Å². The lowest BCUT2D eigenvalue weighted by Gasteiger charge is -2.07. The van der Waals surface area contributed by atoms with E-state index >= 15 is 0 Å². The van der Waals surface area contributed by atoms with Crippen LogP contribution in [0.15, 0.2) is 30.3 Å². The molecular weight excluding hydrogens is 280 g/mol. The van der Waals surface area contributed by atoms with Crippen LogP contribution in [0.25, 0.3) is 6.08 Å². The lowest BCUT2D eigenvalue weighted by Crippen LogP contribution is -2.07. The van der Waals surface area contributed by atoms with E-state index in [0.29, 0.717) is 11.3 Å². The van der Waals surface area contributed by atoms with Crippen molar-refractivity contribution in [1.82, 2.24) is 9.97 Å². The van der Waals surface area contributed by atoms with Gasteiger partial charge in [-0.2, -0.15) is 0 Å². The number of phenolic OH excluding ortho intramolecular Hbond substituents is 1. The first-order valence-electron chi connectivity index (χ1n) is 6.91. The number of nitrogens with zero attached hydrogens (tertiary/aromatic N) is 2. The van der Waals surface area contributed by atoms with Crippen molar-refractivity contribution in [2.75, 3.05) is 0 Å². The molecule has 1 heterocycles. The summed E-state index contributed by atoms with van der Waals surface area (Å²) < 4.78 is 5.16. The van der Waals surface area contributed by atoms with E-state index in [9.17, 15) is 9.90 Å². The number of aryl methyl sites for hydroxylation is 3. The standard InChI is InChI=1S/C17H18N2O3/c1-11-12(2)19-15(13(3)18-11)10-22-17(21)9-8-14-6-4-5-7-16(14)20/h4-9,20H,10H2,1-3H3/b9-8+. The minimum atomic E-state index is -0.498. The Kier molecular flexibility index (Phi) is 4.88. The first-order chi connectivity index (χ1) is 10.5. The number of ether oxygens (including phenoxy) is 1. The maximum absolute atomic E-state index is 11.7. The summed E-state index contributed by atoms with van der Waals surface area (Å²) >= 11 is 0. The van der Waals surface area contributed by atoms with E-state index in [1.54, 1.807) is 24.3 Å². The van der Waals surface area contributed by atoms with Crippen molar-refractivity contribution < 1.29 is 14.6 Å². The first-order valence-corrected chi connectivity index (χ1v) is 6.91. The number of aromatic nitrogens is 2. The zero-order valence-corrected chi connectivity index (χ0v) is 12.8. The molecule has 114 valence electrons. The molecule has 1 aromatic heterocycles. The van der Waals surface area contributed by atoms with Gasteiger partial charge < -0.3 is 9.84 Å². The Labute approximate surface area is 129 Å². The van der Waals surface area contributed by atoms with Crippen molar-refractivity contribution in [2.24, 2.45) is 0 Å². The molecule has 0 fully saturated rings. The highest BCUT2D eigenvalue weighted by molar-refractivity contribution is 5.87. The fourth-order valence-corrected chi connectivity index (χ4v) is 1.87. The third-order valence-electron chi connectivity index (χ3n) is 3.27. The Morgan fingerprint density at radius 3 is 2.55 bits per heavy atom. The van der Waals surface area contributed by atoms with Crippen molar-refractivity contribution in [3.63, 3.8) is 0 Å². The molecule has 1 N–H and O–H groups in total. The molecule has 0 bridgehead atoms. The maximum Gasteiger partial charge on any atom is 0.331 e. The number of hydrogen-bond acceptors (Lipinski definition) is 5. The Hall–Kier alpha value is -2.69. The monoisotopic (exact) mass is 298 g/mol. The molecular formula is C17H18N2O3. The second-order valence-electron chi connectivity index (χ2n) is 4.93. The van der Waals surface area contributed by atoms with Crippen molar-refractivity contribution >= 4 is 12.0 Å². The molecule has 0 radical (unpaired) electrons. The lowest BCUT2D eigenvalue weighted by molar-refractivity contribution is -0.139. The van der Waals surface area contributed by atoms with Gasteiger partial charge in [0.2, 0.25) is 0 Å². The number of aromatic hydroxyl groups is 1. The molecule has 1 aromatic carbocycles. The van der Waals surface area contributed by atoms with Crippen LogP contribution in [0, 0.1) is 20.8 Å². The minimum Gasteiger partial charge on any atom is -0.507 e. The second-order valence-corrected chi connectivity index (χ2v) is 4.93. The van der Waals surface area contributed by atoms with Gasteiger partial charge in [0.25, 0.3) is 0 Å². The Bertz CT molecular complexity index is 724. The molecule has 0 amide bonds. The molecule has 22 heavy (non-hydrogen) atoms. The van der Waals surface area contributed by atoms with Crippen molar-refractivity contribution in [2.45, 2.75) is 27.4 Å². The number of para-hydroxylation sites is 1. The predicted molar refractivity (Wildman–Crippen MR) is 83.2 cm³/mol. The highest BCUT2D eigenvalue weighted by Gasteiger charge is 2.07. The second kappa shape index (κ2) is 6.85. The quantitative estimate of drug-likeness (QED) is 0.694. The van der Waals surface area contributed by atoms with Crippen LogP contribution >= 0.6 is 0 Å². The van der Waals surface area contributed by atoms with Gasteiger partial charge in [-0.3, -0.25) is 9.97 Å². The highest BCUT2D eigenvalue weighted by atomic mass is 16.5. The molecule has 5 heteroatoms. The molecule has 0 saturated carbocycles. The van der Waals surface area contributed by atoms with Crippen LogP contribution in [-0.2, 0) is 16.1 Å². The van der Waals surface area contributed by atoms with Crippen molar-refractivity contribution in [1.29, 1.82) is 0 Å². The van der Waals surface area contributed by atoms with E-state index in [-0.39, 0.29) is 12.4 Å². The van der Waals surface area contributed by atoms with Gasteiger partial charge in [0.1, 0.15) is 12.4 Å². The van der Waals surface area contributed by atoms with E-state index < -0.39 is 5.97 Å². The Morgan fingerprint density at radius 1 is 1.14 bits per heavy atom. The fraction of sp³-hybridized carbons (Fsp3) is 0.235. The predicted octanol–water partition coefficient (Wildman–Crippen LogP) is 2.86. The van der Waals surface area contributed by atoms with Crippen LogP contribution in [0.2, 0.25) is 0 Å². The van der Waals surface area contributed by atoms with Crippen molar-refractivity contribution in [3.8, 4) is 5.75 Å². The SMILES string of the molecule is Cc1nc(C)c(COC(=O)/C=C/c2ccccc2O)nc1C. The van der Waals surface area contributed by atoms with Crippen molar-refractivity contribution in [3.05, 3.63) is 58.7 Å². The summed E-state index contributed by atoms with van der Waals surface area (Å²) in [6.07, 6.45) is 2.79. The normalized spacial score (nSPS) is 10.9. The van der Waals surface area contributed by atoms with Crippen LogP contribution in [0.5, 0.6) is 5.75 Å². The number of hydrogen-bond donors (Lipinski definition) is 1. The van der Waals surface area contributed by atoms with E-state index in [1.165, 1.54) is 12.2 Å². The minimum absolute atomic E-state index is 0.0733. The van der Waals surface area contributed by atoms with Crippen LogP contribution in [0.1, 0.15) is 28.3 Å². The number of benzene rings is 1. The van der Waals surface area contributed by atoms with E-state index in [2.05, 4.69) is 9.97 Å². The molecule has 0 saturated heterocycles. The molecule has 2 aromatic rings. The topological polar surface area (TPSA) is 72.3 Å². The van der Waals surface area contributed by atoms with Gasteiger partial charge in [0.15, 0.2) is 0 Å². The summed E-state index contributed by atoms with van der Waals surface area (Å²) in [6, 6.07) is 6.75. The third kappa shape index (κ3) is 3.91. The fourth-order valence-electron chi connectivity index (χ4n) is 1.87. The molecule has 0 aliphatic rings. The molecule has 0 unspecified atom stereocenters. The average molecular weight is 298 g/mol. The van der Waals surface area contributed by atoms with Gasteiger partial charge in [0.05, 0.1) is 22.8 Å². The lowest BCUT2D eigenvalue weighted by atomic mass is 10.2. The largest absolute Gasteiger partial charge is 0.507 e. The molecule has 0 spiro atoms. The third-order valence-corrected chi connectivity index (χ3v) is 3.27. The maximum atomic E-state index is 11.7. The summed E-state index contributed by atoms with van der Waals surface area (Å²) in [5.41, 5.74) is 3.64. The van der Waals surface area contributed by atoms with Gasteiger partial charge in [-0.1, -0.05) is 18.2 Å². The van der Waals surface area contributed by atoms with Crippen LogP contribution < -0.4 is 0 Å². The molecule has 5 nitrogen and oxygen atoms in total. The number of phenols is 1. The van der Waals surface area contributed by atoms with Gasteiger partial charge >= 0.3 is 5.97 Å². The highest BCUT2D eigenvalue weighted by Crippen LogP contribution is 2.17. The zero-order valence-electron chi connectivity index (χ0n) is 12.8. The van der Waals surface area contributed by atoms with E-state index in [1.807, 2.05) is 20.8 Å². The summed E-state index contributed by atoms with van der Waals surface area (Å²) in [5, 5.41) is 9.60. The van der Waals surface area contributed by atoms with Gasteiger partial charge in [-0.15, -0.1) is 0 Å². The summed E-state index contributed by atoms with van der Waals surface area (Å²) in [7, 11) is 0. The Morgan fingerprint density at radius 2 is 1.82 bits per heavy atom. The van der Waals surface area contributed by atoms with E-state index in [4.69, 9.17) is 4.74 Å². The molecule has 2 rings (SSSR count). The Balaban J connectivity index is 1.99. The van der Waals surface area contributed by atoms with E-state index in [0.717, 1.165) is 17.1 Å². The smallest absolute Gasteiger partial charge is 0.331 e. The summed E-state index contributed by atoms with van der Waals surface area (Å²) in [6.45, 7) is 5.66. The average Bonchev–Trinajstić information content (AvgIpc) is 2.49. The first kappa shape index (κ1) is 15.7. The van der Waals surface area contributed by atoms with Crippen LogP contribution in [0.3, 0.4) is 0 Å². The zero-order chi connectivity index (χ0) is 16.1. The van der Waals surface area contributed by atoms with Crippen LogP contribution in [-0.4, -0.2) is 21.0 Å². The van der Waals surface area contributed by atoms with Crippen LogP contribution in [0.4, 0.5) is 0 Å². The molecule has 0 aliphatic carbocycles. The molecule has 0 aliphatic heterocycles.